The summed E-state index contributed by atoms with van der Waals surface area (Å²) in [5, 5.41) is 2.39. The van der Waals surface area contributed by atoms with E-state index in [2.05, 4.69) is 10.1 Å². The highest BCUT2D eigenvalue weighted by Crippen LogP contribution is 2.34. The van der Waals surface area contributed by atoms with Crippen LogP contribution in [0.15, 0.2) is 46.2 Å². The summed E-state index contributed by atoms with van der Waals surface area (Å²) in [6, 6.07) is 7.64. The van der Waals surface area contributed by atoms with Gasteiger partial charge in [0.05, 0.1) is 7.11 Å². The summed E-state index contributed by atoms with van der Waals surface area (Å²) in [7, 11) is 1.21. The molecule has 24 heavy (non-hydrogen) atoms. The highest BCUT2D eigenvalue weighted by molar-refractivity contribution is 7.99. The van der Waals surface area contributed by atoms with E-state index in [1.54, 1.807) is 0 Å². The van der Waals surface area contributed by atoms with E-state index in [4.69, 9.17) is 5.73 Å². The van der Waals surface area contributed by atoms with Crippen molar-refractivity contribution in [2.45, 2.75) is 9.79 Å². The Morgan fingerprint density at radius 2 is 1.92 bits per heavy atom. The molecule has 2 rings (SSSR count). The zero-order chi connectivity index (χ0) is 17.7. The lowest BCUT2D eigenvalue weighted by Gasteiger charge is -2.09. The van der Waals surface area contributed by atoms with E-state index in [9.17, 15) is 18.4 Å². The maximum atomic E-state index is 13.7. The van der Waals surface area contributed by atoms with Crippen molar-refractivity contribution < 1.29 is 23.1 Å². The molecule has 3 N–H and O–H groups in total. The van der Waals surface area contributed by atoms with Crippen LogP contribution in [0.25, 0.3) is 0 Å². The number of nitrogens with two attached hydrogens (primary N) is 1. The standard InChI is InChI=1S/C16H14F2N2O3S/c1-23-15(21)8-20-16(22)9-2-4-12(19)14(6-9)24-13-5-3-10(17)7-11(13)18/h2-7H,8,19H2,1H3,(H,20,22). The molecule has 2 aromatic carbocycles. The van der Waals surface area contributed by atoms with Crippen molar-refractivity contribution in [3.05, 3.63) is 53.6 Å². The van der Waals surface area contributed by atoms with Crippen LogP contribution in [0, 0.1) is 11.6 Å². The van der Waals surface area contributed by atoms with Gasteiger partial charge in [0, 0.05) is 27.1 Å². The van der Waals surface area contributed by atoms with Crippen molar-refractivity contribution in [2.24, 2.45) is 0 Å². The van der Waals surface area contributed by atoms with E-state index in [1.807, 2.05) is 0 Å². The lowest BCUT2D eigenvalue weighted by atomic mass is 10.2. The smallest absolute Gasteiger partial charge is 0.325 e. The SMILES string of the molecule is COC(=O)CNC(=O)c1ccc(N)c(Sc2ccc(F)cc2F)c1. The Balaban J connectivity index is 2.19. The molecule has 0 heterocycles. The summed E-state index contributed by atoms with van der Waals surface area (Å²) >= 11 is 0.972. The van der Waals surface area contributed by atoms with Crippen molar-refractivity contribution in [3.63, 3.8) is 0 Å². The lowest BCUT2D eigenvalue weighted by Crippen LogP contribution is -2.30. The molecule has 5 nitrogen and oxygen atoms in total. The number of halogens is 2. The van der Waals surface area contributed by atoms with Crippen LogP contribution >= 0.6 is 11.8 Å². The molecule has 0 bridgehead atoms. The number of carbonyl (C=O) groups is 2. The first-order valence-corrected chi connectivity index (χ1v) is 7.60. The Morgan fingerprint density at radius 1 is 1.17 bits per heavy atom. The highest BCUT2D eigenvalue weighted by Gasteiger charge is 2.13. The van der Waals surface area contributed by atoms with Crippen molar-refractivity contribution in [2.75, 3.05) is 19.4 Å². The van der Waals surface area contributed by atoms with Crippen molar-refractivity contribution in [3.8, 4) is 0 Å². The Kier molecular flexibility index (Phi) is 5.75. The number of hydrogen-bond donors (Lipinski definition) is 2. The minimum atomic E-state index is -0.722. The molecule has 2 aromatic rings. The second kappa shape index (κ2) is 7.78. The highest BCUT2D eigenvalue weighted by atomic mass is 32.2. The summed E-state index contributed by atoms with van der Waals surface area (Å²) in [6.45, 7) is -0.269. The number of carbonyl (C=O) groups excluding carboxylic acids is 2. The van der Waals surface area contributed by atoms with Gasteiger partial charge in [-0.1, -0.05) is 11.8 Å². The summed E-state index contributed by atoms with van der Waals surface area (Å²) in [5.74, 6) is -2.48. The molecular weight excluding hydrogens is 338 g/mol. The van der Waals surface area contributed by atoms with Crippen LogP contribution in [0.2, 0.25) is 0 Å². The number of anilines is 1. The normalized spacial score (nSPS) is 10.3. The molecule has 0 aromatic heterocycles. The van der Waals surface area contributed by atoms with Crippen molar-refractivity contribution in [1.82, 2.24) is 5.32 Å². The van der Waals surface area contributed by atoms with Gasteiger partial charge in [0.1, 0.15) is 18.2 Å². The van der Waals surface area contributed by atoms with Crippen LogP contribution in [-0.2, 0) is 9.53 Å². The number of amides is 1. The van der Waals surface area contributed by atoms with Crippen molar-refractivity contribution in [1.29, 1.82) is 0 Å². The van der Waals surface area contributed by atoms with E-state index in [0.29, 0.717) is 10.6 Å². The number of nitrogen functional groups attached to an aromatic ring is 1. The third kappa shape index (κ3) is 4.45. The maximum Gasteiger partial charge on any atom is 0.325 e. The Morgan fingerprint density at radius 3 is 2.58 bits per heavy atom. The second-order valence-corrected chi connectivity index (χ2v) is 5.77. The average Bonchev–Trinajstić information content (AvgIpc) is 2.56. The molecule has 8 heteroatoms. The van der Waals surface area contributed by atoms with Crippen LogP contribution in [0.5, 0.6) is 0 Å². The molecule has 1 amide bonds. The minimum Gasteiger partial charge on any atom is -0.468 e. The zero-order valence-corrected chi connectivity index (χ0v) is 13.5. The fraction of sp³-hybridized carbons (Fsp3) is 0.125. The summed E-state index contributed by atoms with van der Waals surface area (Å²) < 4.78 is 31.1. The number of methoxy groups -OCH3 is 1. The topological polar surface area (TPSA) is 81.4 Å². The molecule has 0 fully saturated rings. The molecular formula is C16H14F2N2O3S. The van der Waals surface area contributed by atoms with Gasteiger partial charge < -0.3 is 15.8 Å². The van der Waals surface area contributed by atoms with Gasteiger partial charge in [-0.2, -0.15) is 0 Å². The van der Waals surface area contributed by atoms with Gasteiger partial charge in [0.2, 0.25) is 0 Å². The van der Waals surface area contributed by atoms with E-state index in [0.717, 1.165) is 23.9 Å². The van der Waals surface area contributed by atoms with Crippen LogP contribution < -0.4 is 11.1 Å². The molecule has 0 spiro atoms. The number of ether oxygens (including phenoxy) is 1. The first-order valence-electron chi connectivity index (χ1n) is 6.78. The molecule has 0 aliphatic carbocycles. The lowest BCUT2D eigenvalue weighted by molar-refractivity contribution is -0.139. The molecule has 0 atom stereocenters. The summed E-state index contributed by atoms with van der Waals surface area (Å²) in [4.78, 5) is 23.7. The van der Waals surface area contributed by atoms with Gasteiger partial charge in [0.25, 0.3) is 5.91 Å². The van der Waals surface area contributed by atoms with Crippen LogP contribution in [0.4, 0.5) is 14.5 Å². The first-order chi connectivity index (χ1) is 11.4. The predicted octanol–water partition coefficient (Wildman–Crippen LogP) is 2.60. The van der Waals surface area contributed by atoms with Crippen molar-refractivity contribution >= 4 is 29.3 Å². The van der Waals surface area contributed by atoms with Gasteiger partial charge in [-0.05, 0) is 30.3 Å². The summed E-state index contributed by atoms with van der Waals surface area (Å²) in [5.41, 5.74) is 6.43. The Hall–Kier alpha value is -2.61. The molecule has 0 aliphatic heterocycles. The third-order valence-electron chi connectivity index (χ3n) is 3.01. The summed E-state index contributed by atoms with van der Waals surface area (Å²) in [6.07, 6.45) is 0. The number of esters is 1. The predicted molar refractivity (Wildman–Crippen MR) is 85.7 cm³/mol. The van der Waals surface area contributed by atoms with Crippen LogP contribution in [0.1, 0.15) is 10.4 Å². The molecule has 0 saturated carbocycles. The van der Waals surface area contributed by atoms with E-state index >= 15 is 0 Å². The molecule has 126 valence electrons. The molecule has 0 aliphatic rings. The van der Waals surface area contributed by atoms with Crippen LogP contribution in [0.3, 0.4) is 0 Å². The first kappa shape index (κ1) is 17.7. The number of rotatable bonds is 5. The third-order valence-corrected chi connectivity index (χ3v) is 4.14. The Bertz CT molecular complexity index is 784. The second-order valence-electron chi connectivity index (χ2n) is 4.69. The van der Waals surface area contributed by atoms with Gasteiger partial charge in [0.15, 0.2) is 0 Å². The fourth-order valence-corrected chi connectivity index (χ4v) is 2.67. The number of nitrogens with one attached hydrogen (secondary N) is 1. The average molecular weight is 352 g/mol. The van der Waals surface area contributed by atoms with Gasteiger partial charge in [-0.15, -0.1) is 0 Å². The fourth-order valence-electron chi connectivity index (χ4n) is 1.77. The van der Waals surface area contributed by atoms with Gasteiger partial charge in [-0.25, -0.2) is 8.78 Å². The van der Waals surface area contributed by atoms with Gasteiger partial charge in [-0.3, -0.25) is 9.59 Å². The maximum absolute atomic E-state index is 13.7. The Labute approximate surface area is 141 Å². The van der Waals surface area contributed by atoms with E-state index in [1.165, 1.54) is 31.4 Å². The monoisotopic (exact) mass is 352 g/mol. The minimum absolute atomic E-state index is 0.176. The largest absolute Gasteiger partial charge is 0.468 e. The molecule has 0 saturated heterocycles. The molecule has 0 unspecified atom stereocenters. The van der Waals surface area contributed by atoms with E-state index in [-0.39, 0.29) is 17.0 Å². The van der Waals surface area contributed by atoms with Crippen LogP contribution in [-0.4, -0.2) is 25.5 Å². The number of hydrogen-bond acceptors (Lipinski definition) is 5. The van der Waals surface area contributed by atoms with Gasteiger partial charge >= 0.3 is 5.97 Å². The quantitative estimate of drug-likeness (QED) is 0.639. The molecule has 0 radical (unpaired) electrons. The zero-order valence-electron chi connectivity index (χ0n) is 12.6. The van der Waals surface area contributed by atoms with E-state index < -0.39 is 23.5 Å². The number of benzene rings is 2.